The maximum atomic E-state index is 4.98. The molecule has 0 aliphatic rings. The largest absolute Gasteiger partial charge is 0.310 e. The first-order chi connectivity index (χ1) is 24.3. The monoisotopic (exact) mass is 643 g/mol. The summed E-state index contributed by atoms with van der Waals surface area (Å²) in [7, 11) is 0. The molecule has 0 unspecified atom stereocenters. The lowest BCUT2D eigenvalue weighted by molar-refractivity contribution is 1.18. The smallest absolute Gasteiger partial charge is 0.0901 e. The minimum Gasteiger partial charge on any atom is -0.310 e. The van der Waals surface area contributed by atoms with Gasteiger partial charge in [-0.2, -0.15) is 0 Å². The highest BCUT2D eigenvalue weighted by atomic mass is 32.1. The van der Waals surface area contributed by atoms with Crippen molar-refractivity contribution in [1.29, 1.82) is 0 Å². The number of nitrogens with zero attached hydrogens (tertiary/aromatic N) is 3. The van der Waals surface area contributed by atoms with E-state index in [-0.39, 0.29) is 0 Å². The van der Waals surface area contributed by atoms with E-state index < -0.39 is 0 Å². The summed E-state index contributed by atoms with van der Waals surface area (Å²) >= 11 is 1.83. The van der Waals surface area contributed by atoms with Crippen LogP contribution in [0.4, 0.5) is 17.1 Å². The molecule has 7 aromatic carbocycles. The Balaban J connectivity index is 1.12. The predicted octanol–water partition coefficient (Wildman–Crippen LogP) is 12.8. The van der Waals surface area contributed by atoms with Crippen LogP contribution in [0.2, 0.25) is 0 Å². The molecule has 0 fully saturated rings. The molecule has 10 aromatic rings. The fourth-order valence-corrected chi connectivity index (χ4v) is 8.62. The van der Waals surface area contributed by atoms with Crippen molar-refractivity contribution >= 4 is 81.3 Å². The Morgan fingerprint density at radius 2 is 1.18 bits per heavy atom. The second-order valence-corrected chi connectivity index (χ2v) is 13.5. The van der Waals surface area contributed by atoms with Crippen molar-refractivity contribution in [2.24, 2.45) is 0 Å². The third kappa shape index (κ3) is 4.46. The third-order valence-electron chi connectivity index (χ3n) is 9.61. The summed E-state index contributed by atoms with van der Waals surface area (Å²) in [5.41, 5.74) is 10.4. The molecule has 0 aliphatic heterocycles. The van der Waals surface area contributed by atoms with Gasteiger partial charge in [-0.25, -0.2) is 0 Å². The van der Waals surface area contributed by atoms with E-state index in [0.717, 1.165) is 28.3 Å². The molecule has 3 aromatic heterocycles. The molecule has 3 heterocycles. The zero-order valence-electron chi connectivity index (χ0n) is 26.5. The van der Waals surface area contributed by atoms with Gasteiger partial charge in [0.05, 0.1) is 21.3 Å². The summed E-state index contributed by atoms with van der Waals surface area (Å²) in [6.07, 6.45) is 2.01. The minimum atomic E-state index is 1.08. The zero-order valence-corrected chi connectivity index (χ0v) is 27.3. The molecule has 0 amide bonds. The van der Waals surface area contributed by atoms with Gasteiger partial charge >= 0.3 is 0 Å². The fraction of sp³-hybridized carbons (Fsp3) is 0. The third-order valence-corrected chi connectivity index (χ3v) is 10.8. The van der Waals surface area contributed by atoms with Gasteiger partial charge in [-0.3, -0.25) is 4.98 Å². The Morgan fingerprint density at radius 1 is 0.510 bits per heavy atom. The van der Waals surface area contributed by atoms with Gasteiger partial charge in [0, 0.05) is 60.6 Å². The van der Waals surface area contributed by atoms with Gasteiger partial charge < -0.3 is 9.47 Å². The summed E-state index contributed by atoms with van der Waals surface area (Å²) in [6, 6.07) is 61.0. The van der Waals surface area contributed by atoms with Crippen LogP contribution in [0.15, 0.2) is 176 Å². The topological polar surface area (TPSA) is 21.1 Å². The number of hydrogen-bond acceptors (Lipinski definition) is 3. The molecule has 0 radical (unpaired) electrons. The van der Waals surface area contributed by atoms with Gasteiger partial charge in [0.1, 0.15) is 0 Å². The van der Waals surface area contributed by atoms with E-state index in [9.17, 15) is 0 Å². The van der Waals surface area contributed by atoms with Crippen molar-refractivity contribution in [3.8, 4) is 16.8 Å². The van der Waals surface area contributed by atoms with Gasteiger partial charge in [-0.05, 0) is 77.9 Å². The van der Waals surface area contributed by atoms with Gasteiger partial charge in [-0.1, -0.05) is 103 Å². The average Bonchev–Trinajstić information content (AvgIpc) is 3.72. The van der Waals surface area contributed by atoms with Crippen LogP contribution in [0.25, 0.3) is 69.7 Å². The Labute approximate surface area is 287 Å². The first-order valence-corrected chi connectivity index (χ1v) is 17.4. The quantitative estimate of drug-likeness (QED) is 0.186. The van der Waals surface area contributed by atoms with E-state index in [1.54, 1.807) is 0 Å². The number of aromatic nitrogens is 2. The maximum Gasteiger partial charge on any atom is 0.0901 e. The molecule has 0 spiro atoms. The maximum absolute atomic E-state index is 4.98. The summed E-state index contributed by atoms with van der Waals surface area (Å²) in [5, 5.41) is 6.13. The molecule has 3 nitrogen and oxygen atoms in total. The molecule has 49 heavy (non-hydrogen) atoms. The SMILES string of the molecule is c1ccc(N(c2ccc(-c3cccc4sc5c6ccccc6cnc5c34)cc2)c2ccc3c(c2)c2ccccc2n3-c2ccccc2)cc1. The molecule has 4 heteroatoms. The summed E-state index contributed by atoms with van der Waals surface area (Å²) in [4.78, 5) is 7.33. The van der Waals surface area contributed by atoms with Crippen LogP contribution in [0, 0.1) is 0 Å². The Morgan fingerprint density at radius 3 is 2.02 bits per heavy atom. The van der Waals surface area contributed by atoms with E-state index >= 15 is 0 Å². The normalized spacial score (nSPS) is 11.7. The fourth-order valence-electron chi connectivity index (χ4n) is 7.40. The molecular formula is C45H29N3S. The molecule has 0 saturated heterocycles. The second-order valence-electron chi connectivity index (χ2n) is 12.4. The summed E-state index contributed by atoms with van der Waals surface area (Å²) in [6.45, 7) is 0. The summed E-state index contributed by atoms with van der Waals surface area (Å²) in [5.74, 6) is 0. The first-order valence-electron chi connectivity index (χ1n) is 16.5. The van der Waals surface area contributed by atoms with Crippen molar-refractivity contribution < 1.29 is 0 Å². The zero-order chi connectivity index (χ0) is 32.3. The van der Waals surface area contributed by atoms with E-state index in [4.69, 9.17) is 4.98 Å². The van der Waals surface area contributed by atoms with Crippen LogP contribution in [0.1, 0.15) is 0 Å². The molecule has 0 bridgehead atoms. The highest BCUT2D eigenvalue weighted by molar-refractivity contribution is 7.26. The van der Waals surface area contributed by atoms with E-state index in [1.165, 1.54) is 58.5 Å². The summed E-state index contributed by atoms with van der Waals surface area (Å²) < 4.78 is 4.87. The van der Waals surface area contributed by atoms with Gasteiger partial charge in [0.2, 0.25) is 0 Å². The lowest BCUT2D eigenvalue weighted by atomic mass is 10.00. The molecule has 10 rings (SSSR count). The number of benzene rings is 7. The number of pyridine rings is 1. The van der Waals surface area contributed by atoms with Gasteiger partial charge in [-0.15, -0.1) is 11.3 Å². The number of anilines is 3. The first kappa shape index (κ1) is 27.8. The number of para-hydroxylation sites is 3. The molecule has 0 N–H and O–H groups in total. The van der Waals surface area contributed by atoms with Crippen LogP contribution < -0.4 is 4.90 Å². The minimum absolute atomic E-state index is 1.08. The number of thiophene rings is 1. The molecule has 230 valence electrons. The predicted molar refractivity (Wildman–Crippen MR) is 209 cm³/mol. The highest BCUT2D eigenvalue weighted by Gasteiger charge is 2.18. The van der Waals surface area contributed by atoms with E-state index in [0.29, 0.717) is 0 Å². The van der Waals surface area contributed by atoms with Gasteiger partial charge in [0.15, 0.2) is 0 Å². The lowest BCUT2D eigenvalue weighted by Gasteiger charge is -2.26. The molecule has 0 atom stereocenters. The molecule has 0 saturated carbocycles. The number of hydrogen-bond donors (Lipinski definition) is 0. The van der Waals surface area contributed by atoms with E-state index in [2.05, 4.69) is 179 Å². The average molecular weight is 644 g/mol. The Hall–Kier alpha value is -6.23. The molecule has 0 aliphatic carbocycles. The standard InChI is InChI=1S/C45H29N3S/c1-3-13-32(14-4-1)47(35-26-27-41-39(28-35)38-18-9-10-20-40(38)48(41)33-15-5-2-6-16-33)34-24-22-30(23-25-34)36-19-11-21-42-43(36)44-45(49-42)37-17-8-7-12-31(37)29-46-44/h1-29H. The van der Waals surface area contributed by atoms with Crippen LogP contribution in [-0.2, 0) is 0 Å². The number of rotatable bonds is 5. The lowest BCUT2D eigenvalue weighted by Crippen LogP contribution is -2.09. The van der Waals surface area contributed by atoms with Crippen molar-refractivity contribution in [3.63, 3.8) is 0 Å². The Kier molecular flexibility index (Phi) is 6.36. The van der Waals surface area contributed by atoms with Crippen molar-refractivity contribution in [2.75, 3.05) is 4.90 Å². The van der Waals surface area contributed by atoms with Crippen molar-refractivity contribution in [3.05, 3.63) is 176 Å². The van der Waals surface area contributed by atoms with Crippen LogP contribution in [-0.4, -0.2) is 9.55 Å². The van der Waals surface area contributed by atoms with E-state index in [1.807, 2.05) is 17.5 Å². The Bertz CT molecular complexity index is 2820. The number of fused-ring (bicyclic) bond motifs is 8. The van der Waals surface area contributed by atoms with Crippen LogP contribution >= 0.6 is 11.3 Å². The van der Waals surface area contributed by atoms with Crippen molar-refractivity contribution in [1.82, 2.24) is 9.55 Å². The molecular weight excluding hydrogens is 615 g/mol. The van der Waals surface area contributed by atoms with Crippen LogP contribution in [0.5, 0.6) is 0 Å². The van der Waals surface area contributed by atoms with Crippen LogP contribution in [0.3, 0.4) is 0 Å². The van der Waals surface area contributed by atoms with Gasteiger partial charge in [0.25, 0.3) is 0 Å². The van der Waals surface area contributed by atoms with Crippen molar-refractivity contribution in [2.45, 2.75) is 0 Å². The second kappa shape index (κ2) is 11.2. The highest BCUT2D eigenvalue weighted by Crippen LogP contribution is 2.43.